The lowest BCUT2D eigenvalue weighted by molar-refractivity contribution is -0.142. The molecule has 0 bridgehead atoms. The number of likely N-dealkylation sites (tertiary alicyclic amines) is 1. The highest BCUT2D eigenvalue weighted by molar-refractivity contribution is 5.87. The molecule has 3 aliphatic rings. The lowest BCUT2D eigenvalue weighted by atomic mass is 9.89. The van der Waals surface area contributed by atoms with E-state index in [1.165, 1.54) is 42.2 Å². The Bertz CT molecular complexity index is 1030. The van der Waals surface area contributed by atoms with E-state index in [0.717, 1.165) is 43.4 Å². The lowest BCUT2D eigenvalue weighted by Gasteiger charge is -2.30. The molecule has 0 unspecified atom stereocenters. The summed E-state index contributed by atoms with van der Waals surface area (Å²) in [5.74, 6) is -0.239. The minimum atomic E-state index is -0.463. The first kappa shape index (κ1) is 21.5. The summed E-state index contributed by atoms with van der Waals surface area (Å²) in [5, 5.41) is 10.3. The topological polar surface area (TPSA) is 85.4 Å². The summed E-state index contributed by atoms with van der Waals surface area (Å²) < 4.78 is 0. The van der Waals surface area contributed by atoms with E-state index in [0.29, 0.717) is 5.92 Å². The number of H-pyrrole nitrogens is 1. The fourth-order valence-corrected chi connectivity index (χ4v) is 6.31. The molecule has 0 radical (unpaired) electrons. The zero-order chi connectivity index (χ0) is 22.5. The number of rotatable bonds is 6. The number of fused-ring (bicyclic) bond motifs is 1. The van der Waals surface area contributed by atoms with Crippen LogP contribution < -0.4 is 5.48 Å². The van der Waals surface area contributed by atoms with Gasteiger partial charge in [-0.1, -0.05) is 37.8 Å². The third-order valence-electron chi connectivity index (χ3n) is 8.33. The molecular formula is C26H35N3O3. The second-order valence-electron chi connectivity index (χ2n) is 10.7. The number of carbonyl (C=O) groups excluding carboxylic acids is 2. The molecule has 2 saturated carbocycles. The SMILES string of the molecule is Cc1ccc2c(C)c([C@H]3CC4(CC4)CN3C(=O)[C@@H](CC(=O)NO)CC3CCCC3)[nH]c2c1. The first-order valence-electron chi connectivity index (χ1n) is 12.2. The molecule has 5 rings (SSSR count). The minimum Gasteiger partial charge on any atom is -0.356 e. The quantitative estimate of drug-likeness (QED) is 0.442. The van der Waals surface area contributed by atoms with Crippen molar-refractivity contribution in [2.45, 2.75) is 77.7 Å². The number of nitrogens with zero attached hydrogens (tertiary/aromatic N) is 1. The number of aromatic amines is 1. The molecule has 172 valence electrons. The van der Waals surface area contributed by atoms with Crippen LogP contribution in [0.1, 0.15) is 80.7 Å². The molecule has 2 aromatic rings. The fourth-order valence-electron chi connectivity index (χ4n) is 6.31. The van der Waals surface area contributed by atoms with Crippen molar-refractivity contribution in [3.05, 3.63) is 35.0 Å². The van der Waals surface area contributed by atoms with Crippen molar-refractivity contribution in [2.24, 2.45) is 17.3 Å². The average molecular weight is 438 g/mol. The van der Waals surface area contributed by atoms with Gasteiger partial charge < -0.3 is 9.88 Å². The number of hydrogen-bond donors (Lipinski definition) is 3. The number of hydrogen-bond acceptors (Lipinski definition) is 3. The summed E-state index contributed by atoms with van der Waals surface area (Å²) in [6.07, 6.45) is 8.85. The van der Waals surface area contributed by atoms with E-state index in [1.807, 2.05) is 0 Å². The summed E-state index contributed by atoms with van der Waals surface area (Å²) >= 11 is 0. The van der Waals surface area contributed by atoms with Crippen LogP contribution in [-0.4, -0.2) is 33.5 Å². The van der Waals surface area contributed by atoms with Gasteiger partial charge in [-0.3, -0.25) is 14.8 Å². The van der Waals surface area contributed by atoms with Gasteiger partial charge in [0, 0.05) is 35.5 Å². The summed E-state index contributed by atoms with van der Waals surface area (Å²) in [4.78, 5) is 31.7. The summed E-state index contributed by atoms with van der Waals surface area (Å²) in [7, 11) is 0. The minimum absolute atomic E-state index is 0.0287. The second-order valence-corrected chi connectivity index (χ2v) is 10.7. The third-order valence-corrected chi connectivity index (χ3v) is 8.33. The van der Waals surface area contributed by atoms with Crippen molar-refractivity contribution in [2.75, 3.05) is 6.54 Å². The number of amides is 2. The number of nitrogens with one attached hydrogen (secondary N) is 2. The standard InChI is InChI=1S/C26H35N3O3/c1-16-7-8-20-17(2)24(27-21(20)11-16)22-14-26(9-10-26)15-29(22)25(31)19(13-23(30)28-32)12-18-5-3-4-6-18/h7-8,11,18-19,22,27,32H,3-6,9-10,12-15H2,1-2H3,(H,28,30)/t19-,22-/m1/s1. The number of aryl methyl sites for hydroxylation is 2. The Labute approximate surface area is 189 Å². The van der Waals surface area contributed by atoms with E-state index >= 15 is 0 Å². The van der Waals surface area contributed by atoms with E-state index in [4.69, 9.17) is 5.21 Å². The maximum atomic E-state index is 13.9. The molecule has 2 aliphatic carbocycles. The predicted molar refractivity (Wildman–Crippen MR) is 123 cm³/mol. The van der Waals surface area contributed by atoms with Crippen molar-refractivity contribution in [3.63, 3.8) is 0 Å². The van der Waals surface area contributed by atoms with Crippen LogP contribution >= 0.6 is 0 Å². The highest BCUT2D eigenvalue weighted by atomic mass is 16.5. The Morgan fingerprint density at radius 1 is 1.25 bits per heavy atom. The van der Waals surface area contributed by atoms with Gasteiger partial charge in [0.05, 0.1) is 6.04 Å². The number of benzene rings is 1. The molecule has 2 amide bonds. The molecule has 1 saturated heterocycles. The number of carbonyl (C=O) groups is 2. The molecule has 1 aromatic carbocycles. The average Bonchev–Trinajstić information content (AvgIpc) is 3.08. The molecular weight excluding hydrogens is 402 g/mol. The van der Waals surface area contributed by atoms with Gasteiger partial charge in [0.1, 0.15) is 0 Å². The normalized spacial score (nSPS) is 23.2. The van der Waals surface area contributed by atoms with Crippen molar-refractivity contribution >= 4 is 22.7 Å². The molecule has 3 fully saturated rings. The zero-order valence-corrected chi connectivity index (χ0v) is 19.2. The molecule has 32 heavy (non-hydrogen) atoms. The monoisotopic (exact) mass is 437 g/mol. The molecule has 3 N–H and O–H groups in total. The summed E-state index contributed by atoms with van der Waals surface area (Å²) in [5.41, 5.74) is 6.72. The fraction of sp³-hybridized carbons (Fsp3) is 0.615. The van der Waals surface area contributed by atoms with Gasteiger partial charge in [0.2, 0.25) is 11.8 Å². The molecule has 6 nitrogen and oxygen atoms in total. The third kappa shape index (κ3) is 3.94. The molecule has 2 heterocycles. The Morgan fingerprint density at radius 3 is 2.69 bits per heavy atom. The van der Waals surface area contributed by atoms with E-state index in [2.05, 4.69) is 41.9 Å². The highest BCUT2D eigenvalue weighted by Gasteiger charge is 2.54. The maximum Gasteiger partial charge on any atom is 0.244 e. The molecule has 1 spiro atoms. The van der Waals surface area contributed by atoms with Crippen LogP contribution in [0.3, 0.4) is 0 Å². The van der Waals surface area contributed by atoms with Crippen molar-refractivity contribution in [1.82, 2.24) is 15.4 Å². The van der Waals surface area contributed by atoms with Gasteiger partial charge in [0.15, 0.2) is 0 Å². The van der Waals surface area contributed by atoms with Crippen LogP contribution in [0.25, 0.3) is 10.9 Å². The number of hydroxylamine groups is 1. The van der Waals surface area contributed by atoms with E-state index in [-0.39, 0.29) is 29.7 Å². The molecule has 1 aromatic heterocycles. The highest BCUT2D eigenvalue weighted by Crippen LogP contribution is 2.59. The second kappa shape index (κ2) is 8.22. The predicted octanol–water partition coefficient (Wildman–Crippen LogP) is 4.93. The lowest BCUT2D eigenvalue weighted by Crippen LogP contribution is -2.39. The maximum absolute atomic E-state index is 13.9. The van der Waals surface area contributed by atoms with Gasteiger partial charge in [-0.05, 0) is 68.1 Å². The van der Waals surface area contributed by atoms with Gasteiger partial charge >= 0.3 is 0 Å². The Kier molecular flexibility index (Phi) is 5.52. The van der Waals surface area contributed by atoms with E-state index < -0.39 is 5.91 Å². The Morgan fingerprint density at radius 2 is 2.00 bits per heavy atom. The van der Waals surface area contributed by atoms with Gasteiger partial charge in [0.25, 0.3) is 0 Å². The summed E-state index contributed by atoms with van der Waals surface area (Å²) in [6.45, 7) is 5.03. The Balaban J connectivity index is 1.46. The van der Waals surface area contributed by atoms with Gasteiger partial charge in [-0.15, -0.1) is 0 Å². The van der Waals surface area contributed by atoms with Gasteiger partial charge in [-0.2, -0.15) is 0 Å². The van der Waals surface area contributed by atoms with Gasteiger partial charge in [-0.25, -0.2) is 5.48 Å². The van der Waals surface area contributed by atoms with Crippen LogP contribution in [0.15, 0.2) is 18.2 Å². The van der Waals surface area contributed by atoms with Crippen LogP contribution in [-0.2, 0) is 9.59 Å². The molecule has 6 heteroatoms. The van der Waals surface area contributed by atoms with Crippen molar-refractivity contribution < 1.29 is 14.8 Å². The number of aromatic nitrogens is 1. The van der Waals surface area contributed by atoms with Crippen molar-refractivity contribution in [3.8, 4) is 0 Å². The first-order valence-corrected chi connectivity index (χ1v) is 12.2. The Hall–Kier alpha value is -2.34. The van der Waals surface area contributed by atoms with Crippen LogP contribution in [0.5, 0.6) is 0 Å². The molecule has 1 aliphatic heterocycles. The van der Waals surface area contributed by atoms with Crippen LogP contribution in [0, 0.1) is 31.1 Å². The first-order chi connectivity index (χ1) is 15.4. The molecule has 2 atom stereocenters. The summed E-state index contributed by atoms with van der Waals surface area (Å²) in [6, 6.07) is 6.51. The van der Waals surface area contributed by atoms with Crippen molar-refractivity contribution in [1.29, 1.82) is 0 Å². The van der Waals surface area contributed by atoms with E-state index in [1.54, 1.807) is 5.48 Å². The largest absolute Gasteiger partial charge is 0.356 e. The van der Waals surface area contributed by atoms with Crippen LogP contribution in [0.4, 0.5) is 0 Å². The smallest absolute Gasteiger partial charge is 0.244 e. The zero-order valence-electron chi connectivity index (χ0n) is 19.2. The van der Waals surface area contributed by atoms with E-state index in [9.17, 15) is 9.59 Å². The van der Waals surface area contributed by atoms with Crippen LogP contribution in [0.2, 0.25) is 0 Å².